The average Bonchev–Trinajstić information content (AvgIpc) is 2.73. The van der Waals surface area contributed by atoms with Crippen LogP contribution in [0.3, 0.4) is 0 Å². The summed E-state index contributed by atoms with van der Waals surface area (Å²) in [6, 6.07) is 16.7. The lowest BCUT2D eigenvalue weighted by Gasteiger charge is -2.12. The summed E-state index contributed by atoms with van der Waals surface area (Å²) in [4.78, 5) is 29.6. The third-order valence-electron chi connectivity index (χ3n) is 4.00. The lowest BCUT2D eigenvalue weighted by atomic mass is 10.2. The highest BCUT2D eigenvalue weighted by molar-refractivity contribution is 5.93. The first-order chi connectivity index (χ1) is 14.5. The molecule has 8 heteroatoms. The number of aromatic amines is 1. The number of nitrogens with one attached hydrogen (secondary N) is 2. The van der Waals surface area contributed by atoms with Crippen LogP contribution in [0.1, 0.15) is 34.2 Å². The predicted octanol–water partition coefficient (Wildman–Crippen LogP) is 2.82. The Labute approximate surface area is 173 Å². The van der Waals surface area contributed by atoms with Gasteiger partial charge in [-0.05, 0) is 49.2 Å². The lowest BCUT2D eigenvalue weighted by molar-refractivity contribution is 0.0949. The molecule has 0 radical (unpaired) electrons. The highest BCUT2D eigenvalue weighted by Gasteiger charge is 2.09. The van der Waals surface area contributed by atoms with Crippen LogP contribution in [0.15, 0.2) is 64.5 Å². The first-order valence-electron chi connectivity index (χ1n) is 9.40. The van der Waals surface area contributed by atoms with E-state index in [2.05, 4.69) is 20.5 Å². The molecule has 0 unspecified atom stereocenters. The summed E-state index contributed by atoms with van der Waals surface area (Å²) < 4.78 is 11.5. The summed E-state index contributed by atoms with van der Waals surface area (Å²) in [6.07, 6.45) is 1.47. The molecule has 3 aromatic rings. The maximum absolute atomic E-state index is 12.1. The highest BCUT2D eigenvalue weighted by Crippen LogP contribution is 2.28. The van der Waals surface area contributed by atoms with Gasteiger partial charge < -0.3 is 14.5 Å². The van der Waals surface area contributed by atoms with Crippen LogP contribution in [0.4, 0.5) is 0 Å². The monoisotopic (exact) mass is 406 g/mol. The van der Waals surface area contributed by atoms with E-state index >= 15 is 0 Å². The smallest absolute Gasteiger partial charge is 0.345 e. The Hall–Kier alpha value is -3.94. The van der Waals surface area contributed by atoms with Crippen LogP contribution in [0.2, 0.25) is 0 Å². The van der Waals surface area contributed by atoms with Crippen molar-refractivity contribution in [2.24, 2.45) is 5.10 Å². The number of carbonyl (C=O) groups excluding carboxylic acids is 1. The maximum atomic E-state index is 12.1. The molecule has 154 valence electrons. The second-order valence-corrected chi connectivity index (χ2v) is 6.37. The standard InChI is InChI=1S/C22H22N4O4/c1-3-29-20-12-17(9-10-19(20)30-14-16-7-5-4-6-8-16)13-23-26-21(27)18-11-15(2)24-22(28)25-18/h4-13H,3,14H2,1-2H3,(H,26,27)(H,24,25,28)/b23-13+. The third kappa shape index (κ3) is 5.78. The molecule has 1 aromatic heterocycles. The van der Waals surface area contributed by atoms with Crippen LogP contribution in [0.25, 0.3) is 0 Å². The molecule has 0 spiro atoms. The predicted molar refractivity (Wildman–Crippen MR) is 113 cm³/mol. The van der Waals surface area contributed by atoms with E-state index in [9.17, 15) is 9.59 Å². The van der Waals surface area contributed by atoms with Gasteiger partial charge in [-0.2, -0.15) is 10.1 Å². The van der Waals surface area contributed by atoms with Gasteiger partial charge in [0, 0.05) is 5.69 Å². The zero-order valence-electron chi connectivity index (χ0n) is 16.7. The van der Waals surface area contributed by atoms with Crippen molar-refractivity contribution in [3.63, 3.8) is 0 Å². The quantitative estimate of drug-likeness (QED) is 0.442. The minimum absolute atomic E-state index is 0.00642. The van der Waals surface area contributed by atoms with Gasteiger partial charge in [0.05, 0.1) is 12.8 Å². The normalized spacial score (nSPS) is 10.7. The van der Waals surface area contributed by atoms with Crippen LogP contribution >= 0.6 is 0 Å². The van der Waals surface area contributed by atoms with Crippen molar-refractivity contribution < 1.29 is 14.3 Å². The Morgan fingerprint density at radius 3 is 2.67 bits per heavy atom. The number of hydrogen-bond donors (Lipinski definition) is 2. The molecule has 0 saturated carbocycles. The number of H-pyrrole nitrogens is 1. The zero-order chi connectivity index (χ0) is 21.3. The number of hydrogen-bond acceptors (Lipinski definition) is 6. The van der Waals surface area contributed by atoms with Crippen LogP contribution in [0.5, 0.6) is 11.5 Å². The number of rotatable bonds is 8. The third-order valence-corrected chi connectivity index (χ3v) is 4.00. The fourth-order valence-corrected chi connectivity index (χ4v) is 2.65. The minimum Gasteiger partial charge on any atom is -0.490 e. The summed E-state index contributed by atoms with van der Waals surface area (Å²) in [7, 11) is 0. The first-order valence-corrected chi connectivity index (χ1v) is 9.40. The van der Waals surface area contributed by atoms with E-state index < -0.39 is 11.6 Å². The molecule has 0 aliphatic carbocycles. The molecule has 30 heavy (non-hydrogen) atoms. The largest absolute Gasteiger partial charge is 0.490 e. The highest BCUT2D eigenvalue weighted by atomic mass is 16.5. The molecule has 0 aliphatic rings. The Kier molecular flexibility index (Phi) is 6.94. The molecular weight excluding hydrogens is 384 g/mol. The Balaban J connectivity index is 1.67. The van der Waals surface area contributed by atoms with Crippen molar-refractivity contribution in [2.45, 2.75) is 20.5 Å². The van der Waals surface area contributed by atoms with Gasteiger partial charge >= 0.3 is 5.69 Å². The number of carbonyl (C=O) groups is 1. The van der Waals surface area contributed by atoms with Crippen LogP contribution in [-0.2, 0) is 6.61 Å². The van der Waals surface area contributed by atoms with Crippen molar-refractivity contribution >= 4 is 12.1 Å². The van der Waals surface area contributed by atoms with Gasteiger partial charge in [-0.1, -0.05) is 30.3 Å². The molecule has 8 nitrogen and oxygen atoms in total. The summed E-state index contributed by atoms with van der Waals surface area (Å²) in [5.41, 5.74) is 4.07. The summed E-state index contributed by atoms with van der Waals surface area (Å²) in [6.45, 7) is 4.46. The SMILES string of the molecule is CCOc1cc(/C=N/NC(=O)c2cc(C)[nH]c(=O)n2)ccc1OCc1ccccc1. The summed E-state index contributed by atoms with van der Waals surface area (Å²) in [5, 5.41) is 3.93. The lowest BCUT2D eigenvalue weighted by Crippen LogP contribution is -2.24. The number of hydrazone groups is 1. The molecule has 0 aliphatic heterocycles. The number of ether oxygens (including phenoxy) is 2. The molecule has 2 aromatic carbocycles. The number of nitrogens with zero attached hydrogens (tertiary/aromatic N) is 2. The van der Waals surface area contributed by atoms with E-state index in [1.807, 2.05) is 37.3 Å². The second-order valence-electron chi connectivity index (χ2n) is 6.37. The summed E-state index contributed by atoms with van der Waals surface area (Å²) >= 11 is 0. The van der Waals surface area contributed by atoms with Gasteiger partial charge in [-0.3, -0.25) is 4.79 Å². The van der Waals surface area contributed by atoms with Gasteiger partial charge in [-0.25, -0.2) is 10.2 Å². The van der Waals surface area contributed by atoms with Gasteiger partial charge in [0.15, 0.2) is 11.5 Å². The van der Waals surface area contributed by atoms with E-state index in [0.29, 0.717) is 36.0 Å². The van der Waals surface area contributed by atoms with Crippen LogP contribution in [-0.4, -0.2) is 28.7 Å². The average molecular weight is 406 g/mol. The van der Waals surface area contributed by atoms with Gasteiger partial charge in [-0.15, -0.1) is 0 Å². The molecule has 0 atom stereocenters. The number of amides is 1. The van der Waals surface area contributed by atoms with Crippen molar-refractivity contribution in [1.29, 1.82) is 0 Å². The fourth-order valence-electron chi connectivity index (χ4n) is 2.65. The van der Waals surface area contributed by atoms with Crippen LogP contribution in [0, 0.1) is 6.92 Å². The van der Waals surface area contributed by atoms with Crippen LogP contribution < -0.4 is 20.6 Å². The molecular formula is C22H22N4O4. The van der Waals surface area contributed by atoms with Gasteiger partial charge in [0.1, 0.15) is 12.3 Å². The van der Waals surface area contributed by atoms with Crippen molar-refractivity contribution in [1.82, 2.24) is 15.4 Å². The molecule has 0 saturated heterocycles. The molecule has 1 heterocycles. The number of aromatic nitrogens is 2. The van der Waals surface area contributed by atoms with Gasteiger partial charge in [0.25, 0.3) is 5.91 Å². The molecule has 2 N–H and O–H groups in total. The Bertz CT molecular complexity index is 1090. The molecule has 1 amide bonds. The van der Waals surface area contributed by atoms with E-state index in [4.69, 9.17) is 9.47 Å². The Morgan fingerprint density at radius 2 is 1.93 bits per heavy atom. The van der Waals surface area contributed by atoms with E-state index in [1.54, 1.807) is 25.1 Å². The minimum atomic E-state index is -0.587. The molecule has 0 bridgehead atoms. The Morgan fingerprint density at radius 1 is 1.13 bits per heavy atom. The number of aryl methyl sites for hydroxylation is 1. The van der Waals surface area contributed by atoms with E-state index in [1.165, 1.54) is 12.3 Å². The molecule has 0 fully saturated rings. The van der Waals surface area contributed by atoms with Crippen molar-refractivity contribution in [3.05, 3.63) is 87.6 Å². The summed E-state index contributed by atoms with van der Waals surface area (Å²) in [5.74, 6) is 0.619. The van der Waals surface area contributed by atoms with Gasteiger partial charge in [0.2, 0.25) is 0 Å². The fraction of sp³-hybridized carbons (Fsp3) is 0.182. The topological polar surface area (TPSA) is 106 Å². The maximum Gasteiger partial charge on any atom is 0.345 e. The second kappa shape index (κ2) is 10.0. The zero-order valence-corrected chi connectivity index (χ0v) is 16.7. The first kappa shape index (κ1) is 20.8. The number of benzene rings is 2. The van der Waals surface area contributed by atoms with Crippen molar-refractivity contribution in [2.75, 3.05) is 6.61 Å². The molecule has 3 rings (SSSR count). The van der Waals surface area contributed by atoms with Crippen molar-refractivity contribution in [3.8, 4) is 11.5 Å². The van der Waals surface area contributed by atoms with E-state index in [-0.39, 0.29) is 5.69 Å². The van der Waals surface area contributed by atoms with E-state index in [0.717, 1.165) is 5.56 Å².